The summed E-state index contributed by atoms with van der Waals surface area (Å²) in [7, 11) is 0. The minimum atomic E-state index is -0.292. The minimum Gasteiger partial charge on any atom is -0.337 e. The molecule has 2 amide bonds. The lowest BCUT2D eigenvalue weighted by molar-refractivity contribution is -0.139. The summed E-state index contributed by atoms with van der Waals surface area (Å²) in [5, 5.41) is 6.92. The molecule has 5 rings (SSSR count). The first kappa shape index (κ1) is 18.3. The van der Waals surface area contributed by atoms with Crippen LogP contribution in [0.4, 0.5) is 4.39 Å². The number of aromatic nitrogens is 2. The Morgan fingerprint density at radius 3 is 2.66 bits per heavy atom. The summed E-state index contributed by atoms with van der Waals surface area (Å²) in [6, 6.07) is 8.15. The molecule has 29 heavy (non-hydrogen) atoms. The van der Waals surface area contributed by atoms with Crippen molar-refractivity contribution in [2.75, 3.05) is 19.6 Å². The first-order valence-electron chi connectivity index (χ1n) is 10.4. The molecular weight excluding hydrogens is 371 g/mol. The molecule has 6 nitrogen and oxygen atoms in total. The van der Waals surface area contributed by atoms with Crippen LogP contribution in [0.2, 0.25) is 0 Å². The molecule has 2 aliphatic heterocycles. The average molecular weight is 396 g/mol. The molecule has 0 radical (unpaired) electrons. The Hall–Kier alpha value is -2.70. The highest BCUT2D eigenvalue weighted by atomic mass is 19.1. The lowest BCUT2D eigenvalue weighted by atomic mass is 9.83. The van der Waals surface area contributed by atoms with Crippen LogP contribution >= 0.6 is 0 Å². The van der Waals surface area contributed by atoms with E-state index in [-0.39, 0.29) is 41.4 Å². The summed E-state index contributed by atoms with van der Waals surface area (Å²) in [5.74, 6) is 0.245. The van der Waals surface area contributed by atoms with Crippen molar-refractivity contribution < 1.29 is 14.0 Å². The van der Waals surface area contributed by atoms with E-state index in [9.17, 15) is 14.0 Å². The molecule has 1 saturated carbocycles. The Balaban J connectivity index is 1.42. The molecule has 2 aromatic rings. The van der Waals surface area contributed by atoms with Crippen molar-refractivity contribution in [3.05, 3.63) is 53.1 Å². The minimum absolute atomic E-state index is 0.0846. The van der Waals surface area contributed by atoms with Gasteiger partial charge in [0.05, 0.1) is 6.04 Å². The van der Waals surface area contributed by atoms with Crippen molar-refractivity contribution in [1.82, 2.24) is 20.0 Å². The van der Waals surface area contributed by atoms with Crippen LogP contribution in [0.1, 0.15) is 47.1 Å². The van der Waals surface area contributed by atoms with Crippen LogP contribution in [0.25, 0.3) is 0 Å². The van der Waals surface area contributed by atoms with Crippen LogP contribution in [-0.4, -0.2) is 51.4 Å². The second-order valence-corrected chi connectivity index (χ2v) is 8.69. The van der Waals surface area contributed by atoms with Gasteiger partial charge in [0.1, 0.15) is 11.5 Å². The molecule has 3 fully saturated rings. The summed E-state index contributed by atoms with van der Waals surface area (Å²) < 4.78 is 14.0. The van der Waals surface area contributed by atoms with Gasteiger partial charge in [-0.25, -0.2) is 4.39 Å². The zero-order valence-corrected chi connectivity index (χ0v) is 16.5. The average Bonchev–Trinajstić information content (AvgIpc) is 3.33. The number of hydrogen-bond donors (Lipinski definition) is 1. The maximum absolute atomic E-state index is 14.0. The Kier molecular flexibility index (Phi) is 4.41. The number of carbonyl (C=O) groups excluding carboxylic acids is 2. The van der Waals surface area contributed by atoms with Gasteiger partial charge in [-0.2, -0.15) is 5.10 Å². The van der Waals surface area contributed by atoms with Crippen molar-refractivity contribution in [3.63, 3.8) is 0 Å². The molecule has 7 heteroatoms. The molecule has 3 heterocycles. The molecule has 152 valence electrons. The van der Waals surface area contributed by atoms with Crippen molar-refractivity contribution in [3.8, 4) is 0 Å². The molecule has 2 saturated heterocycles. The fourth-order valence-electron chi connectivity index (χ4n) is 5.13. The van der Waals surface area contributed by atoms with Crippen molar-refractivity contribution in [2.45, 2.75) is 32.2 Å². The molecule has 1 aromatic heterocycles. The van der Waals surface area contributed by atoms with Crippen LogP contribution < -0.4 is 0 Å². The molecule has 0 spiro atoms. The smallest absolute Gasteiger partial charge is 0.274 e. The van der Waals surface area contributed by atoms with E-state index in [1.165, 1.54) is 12.1 Å². The molecule has 1 aliphatic carbocycles. The summed E-state index contributed by atoms with van der Waals surface area (Å²) in [6.07, 6.45) is 3.00. The van der Waals surface area contributed by atoms with Gasteiger partial charge in [-0.1, -0.05) is 18.6 Å². The normalized spacial score (nSPS) is 26.5. The number of halogens is 1. The van der Waals surface area contributed by atoms with Crippen LogP contribution in [0.3, 0.4) is 0 Å². The number of amides is 2. The predicted molar refractivity (Wildman–Crippen MR) is 104 cm³/mol. The van der Waals surface area contributed by atoms with Gasteiger partial charge in [0.2, 0.25) is 5.91 Å². The molecule has 1 aromatic carbocycles. The number of H-pyrrole nitrogens is 1. The summed E-state index contributed by atoms with van der Waals surface area (Å²) in [5.41, 5.74) is 2.10. The van der Waals surface area contributed by atoms with Crippen LogP contribution in [-0.2, 0) is 4.79 Å². The molecule has 0 bridgehead atoms. The number of carbonyl (C=O) groups is 2. The van der Waals surface area contributed by atoms with Gasteiger partial charge >= 0.3 is 0 Å². The zero-order valence-electron chi connectivity index (χ0n) is 16.5. The molecular formula is C22H25FN4O2. The molecule has 0 unspecified atom stereocenters. The van der Waals surface area contributed by atoms with Gasteiger partial charge in [0, 0.05) is 43.1 Å². The van der Waals surface area contributed by atoms with Crippen LogP contribution in [0.5, 0.6) is 0 Å². The first-order valence-corrected chi connectivity index (χ1v) is 10.4. The van der Waals surface area contributed by atoms with E-state index in [2.05, 4.69) is 10.2 Å². The number of benzene rings is 1. The Bertz CT molecular complexity index is 954. The van der Waals surface area contributed by atoms with Crippen LogP contribution in [0, 0.1) is 30.5 Å². The van der Waals surface area contributed by atoms with Crippen molar-refractivity contribution in [1.29, 1.82) is 0 Å². The Labute approximate surface area is 169 Å². The summed E-state index contributed by atoms with van der Waals surface area (Å²) in [6.45, 7) is 3.66. The van der Waals surface area contributed by atoms with E-state index in [0.29, 0.717) is 25.3 Å². The highest BCUT2D eigenvalue weighted by Gasteiger charge is 2.51. The third-order valence-corrected chi connectivity index (χ3v) is 6.80. The lowest BCUT2D eigenvalue weighted by Crippen LogP contribution is -2.41. The van der Waals surface area contributed by atoms with Gasteiger partial charge in [0.15, 0.2) is 0 Å². The molecule has 3 aliphatic rings. The van der Waals surface area contributed by atoms with E-state index in [4.69, 9.17) is 0 Å². The Morgan fingerprint density at radius 2 is 2.00 bits per heavy atom. The van der Waals surface area contributed by atoms with Crippen LogP contribution in [0.15, 0.2) is 30.3 Å². The summed E-state index contributed by atoms with van der Waals surface area (Å²) >= 11 is 0. The highest BCUT2D eigenvalue weighted by Crippen LogP contribution is 2.47. The number of nitrogens with zero attached hydrogens (tertiary/aromatic N) is 3. The largest absolute Gasteiger partial charge is 0.337 e. The maximum Gasteiger partial charge on any atom is 0.274 e. The van der Waals surface area contributed by atoms with Crippen molar-refractivity contribution >= 4 is 11.8 Å². The quantitative estimate of drug-likeness (QED) is 0.867. The maximum atomic E-state index is 14.0. The van der Waals surface area contributed by atoms with Gasteiger partial charge in [0.25, 0.3) is 5.91 Å². The van der Waals surface area contributed by atoms with E-state index in [1.807, 2.05) is 22.8 Å². The lowest BCUT2D eigenvalue weighted by Gasteiger charge is -2.35. The third-order valence-electron chi connectivity index (χ3n) is 6.80. The van der Waals surface area contributed by atoms with E-state index in [1.54, 1.807) is 12.1 Å². The first-order chi connectivity index (χ1) is 14.0. The number of nitrogens with one attached hydrogen (secondary N) is 1. The van der Waals surface area contributed by atoms with E-state index >= 15 is 0 Å². The molecule has 1 N–H and O–H groups in total. The number of aryl methyl sites for hydroxylation is 1. The zero-order chi connectivity index (χ0) is 20.1. The number of likely N-dealkylation sites (tertiary alicyclic amines) is 2. The SMILES string of the molecule is Cc1cc(C(=O)N2C[C@H]3CN(C(=O)C4CCC4)[C@H](c4cccc(F)c4)[C@H]3C2)n[nH]1. The summed E-state index contributed by atoms with van der Waals surface area (Å²) in [4.78, 5) is 29.8. The van der Waals surface area contributed by atoms with Gasteiger partial charge in [-0.15, -0.1) is 0 Å². The predicted octanol–water partition coefficient (Wildman–Crippen LogP) is 2.93. The third kappa shape index (κ3) is 3.12. The van der Waals surface area contributed by atoms with Crippen molar-refractivity contribution in [2.24, 2.45) is 17.8 Å². The number of fused-ring (bicyclic) bond motifs is 1. The standard InChI is InChI=1S/C22H25FN4O2/c1-13-8-19(25-24-13)22(29)26-10-16-11-27(21(28)14-4-2-5-14)20(18(16)12-26)15-6-3-7-17(23)9-15/h3,6-9,14,16,18,20H,2,4-5,10-12H2,1H3,(H,24,25)/t16-,18-,20+/m0/s1. The fourth-order valence-corrected chi connectivity index (χ4v) is 5.13. The number of rotatable bonds is 3. The molecule has 3 atom stereocenters. The van der Waals surface area contributed by atoms with Gasteiger partial charge < -0.3 is 9.80 Å². The monoisotopic (exact) mass is 396 g/mol. The van der Waals surface area contributed by atoms with Gasteiger partial charge in [-0.3, -0.25) is 14.7 Å². The fraction of sp³-hybridized carbons (Fsp3) is 0.500. The van der Waals surface area contributed by atoms with E-state index < -0.39 is 0 Å². The number of hydrogen-bond acceptors (Lipinski definition) is 3. The topological polar surface area (TPSA) is 69.3 Å². The second kappa shape index (κ2) is 6.97. The Morgan fingerprint density at radius 1 is 1.17 bits per heavy atom. The highest BCUT2D eigenvalue weighted by molar-refractivity contribution is 5.92. The second-order valence-electron chi connectivity index (χ2n) is 8.69. The van der Waals surface area contributed by atoms with E-state index in [0.717, 1.165) is 30.5 Å². The van der Waals surface area contributed by atoms with Gasteiger partial charge in [-0.05, 0) is 43.5 Å². The number of aromatic amines is 1.